The number of amides is 1. The van der Waals surface area contributed by atoms with Gasteiger partial charge in [0, 0.05) is 11.0 Å². The van der Waals surface area contributed by atoms with Crippen LogP contribution in [0.3, 0.4) is 0 Å². The summed E-state index contributed by atoms with van der Waals surface area (Å²) in [5, 5.41) is 32.6. The van der Waals surface area contributed by atoms with Crippen molar-refractivity contribution in [3.05, 3.63) is 28.8 Å². The van der Waals surface area contributed by atoms with E-state index in [-0.39, 0.29) is 17.2 Å². The number of phenols is 1. The maximum atomic E-state index is 11.6. The number of aromatic hydroxyl groups is 1. The van der Waals surface area contributed by atoms with Crippen molar-refractivity contribution in [2.45, 2.75) is 62.1 Å². The van der Waals surface area contributed by atoms with Gasteiger partial charge in [0.25, 0.3) is 5.91 Å². The smallest absolute Gasteiger partial charge is 0.252 e. The van der Waals surface area contributed by atoms with E-state index in [0.717, 1.165) is 24.8 Å². The van der Waals surface area contributed by atoms with Crippen LogP contribution in [0.4, 0.5) is 0 Å². The monoisotopic (exact) mass is 317 g/mol. The van der Waals surface area contributed by atoms with Crippen LogP contribution in [0, 0.1) is 5.92 Å². The predicted molar refractivity (Wildman–Crippen MR) is 84.2 cm³/mol. The van der Waals surface area contributed by atoms with Crippen molar-refractivity contribution in [1.29, 1.82) is 0 Å². The molecule has 3 aliphatic rings. The summed E-state index contributed by atoms with van der Waals surface area (Å²) < 4.78 is 0. The molecule has 23 heavy (non-hydrogen) atoms. The molecule has 1 aromatic rings. The summed E-state index contributed by atoms with van der Waals surface area (Å²) in [4.78, 5) is 11.6. The Balaban J connectivity index is 2.00. The Labute approximate surface area is 135 Å². The van der Waals surface area contributed by atoms with Gasteiger partial charge in [-0.25, -0.2) is 0 Å². The molecular formula is C18H23NO4. The lowest BCUT2D eigenvalue weighted by atomic mass is 9.45. The van der Waals surface area contributed by atoms with Crippen LogP contribution in [0.1, 0.15) is 60.0 Å². The van der Waals surface area contributed by atoms with Crippen LogP contribution >= 0.6 is 0 Å². The van der Waals surface area contributed by atoms with Gasteiger partial charge in [0.1, 0.15) is 5.75 Å². The minimum Gasteiger partial charge on any atom is -0.507 e. The average molecular weight is 317 g/mol. The van der Waals surface area contributed by atoms with Crippen molar-refractivity contribution < 1.29 is 20.1 Å². The number of carbonyl (C=O) groups is 1. The number of nitrogens with two attached hydrogens (primary N) is 1. The topological polar surface area (TPSA) is 104 Å². The number of benzene rings is 1. The number of rotatable bonds is 1. The van der Waals surface area contributed by atoms with Gasteiger partial charge in [-0.3, -0.25) is 4.79 Å². The second-order valence-electron chi connectivity index (χ2n) is 7.56. The maximum absolute atomic E-state index is 11.6. The highest BCUT2D eigenvalue weighted by atomic mass is 16.3. The van der Waals surface area contributed by atoms with Gasteiger partial charge in [-0.15, -0.1) is 0 Å². The highest BCUT2D eigenvalue weighted by Crippen LogP contribution is 2.62. The maximum Gasteiger partial charge on any atom is 0.252 e. The van der Waals surface area contributed by atoms with E-state index in [1.165, 1.54) is 0 Å². The van der Waals surface area contributed by atoms with E-state index >= 15 is 0 Å². The van der Waals surface area contributed by atoms with Gasteiger partial charge < -0.3 is 21.1 Å². The van der Waals surface area contributed by atoms with Crippen LogP contribution < -0.4 is 5.73 Å². The summed E-state index contributed by atoms with van der Waals surface area (Å²) in [7, 11) is 0. The third-order valence-corrected chi connectivity index (χ3v) is 6.58. The molecule has 1 amide bonds. The summed E-state index contributed by atoms with van der Waals surface area (Å²) in [5.41, 5.74) is 5.55. The number of primary amides is 1. The molecule has 2 fully saturated rings. The predicted octanol–water partition coefficient (Wildman–Crippen LogP) is 1.36. The lowest BCUT2D eigenvalue weighted by molar-refractivity contribution is -0.165. The molecule has 1 aromatic carbocycles. The molecule has 124 valence electrons. The van der Waals surface area contributed by atoms with Crippen LogP contribution in [0.5, 0.6) is 5.75 Å². The van der Waals surface area contributed by atoms with Crippen molar-refractivity contribution in [3.63, 3.8) is 0 Å². The quantitative estimate of drug-likeness (QED) is 0.628. The first-order valence-corrected chi connectivity index (χ1v) is 8.44. The Kier molecular flexibility index (Phi) is 3.06. The molecule has 0 spiro atoms. The number of aliphatic hydroxyl groups is 2. The van der Waals surface area contributed by atoms with Crippen molar-refractivity contribution in [2.24, 2.45) is 11.7 Å². The zero-order chi connectivity index (χ0) is 16.4. The molecular weight excluding hydrogens is 294 g/mol. The fourth-order valence-corrected chi connectivity index (χ4v) is 5.63. The molecule has 5 heteroatoms. The number of hydrogen-bond donors (Lipinski definition) is 4. The van der Waals surface area contributed by atoms with Crippen molar-refractivity contribution in [1.82, 2.24) is 0 Å². The molecule has 5 N–H and O–H groups in total. The Morgan fingerprint density at radius 2 is 2.04 bits per heavy atom. The largest absolute Gasteiger partial charge is 0.507 e. The van der Waals surface area contributed by atoms with Gasteiger partial charge in [-0.2, -0.15) is 0 Å². The molecule has 0 saturated heterocycles. The molecule has 2 bridgehead atoms. The second-order valence-corrected chi connectivity index (χ2v) is 7.56. The SMILES string of the molecule is NC(=O)c1ccc2c(c1O)C13CCC[C@H](C2)[C@]1(O)CC[C@H](O)C3. The molecule has 4 atom stereocenters. The number of carbonyl (C=O) groups excluding carboxylic acids is 1. The van der Waals surface area contributed by atoms with E-state index in [9.17, 15) is 20.1 Å². The summed E-state index contributed by atoms with van der Waals surface area (Å²) in [5.74, 6) is -0.613. The Morgan fingerprint density at radius 3 is 2.78 bits per heavy atom. The highest BCUT2D eigenvalue weighted by molar-refractivity contribution is 5.96. The average Bonchev–Trinajstić information content (AvgIpc) is 2.47. The van der Waals surface area contributed by atoms with Gasteiger partial charge in [-0.1, -0.05) is 12.5 Å². The van der Waals surface area contributed by atoms with E-state index in [4.69, 9.17) is 5.73 Å². The summed E-state index contributed by atoms with van der Waals surface area (Å²) >= 11 is 0. The van der Waals surface area contributed by atoms with E-state index in [0.29, 0.717) is 31.2 Å². The van der Waals surface area contributed by atoms with Gasteiger partial charge in [0.15, 0.2) is 0 Å². The zero-order valence-corrected chi connectivity index (χ0v) is 13.1. The molecule has 3 aliphatic carbocycles. The van der Waals surface area contributed by atoms with E-state index < -0.39 is 23.0 Å². The Morgan fingerprint density at radius 1 is 1.26 bits per heavy atom. The third kappa shape index (κ3) is 1.78. The van der Waals surface area contributed by atoms with E-state index in [1.807, 2.05) is 6.07 Å². The number of aliphatic hydroxyl groups excluding tert-OH is 1. The summed E-state index contributed by atoms with van der Waals surface area (Å²) in [6.07, 6.45) is 4.42. The summed E-state index contributed by atoms with van der Waals surface area (Å²) in [6.45, 7) is 0. The molecule has 5 nitrogen and oxygen atoms in total. The molecule has 0 aliphatic heterocycles. The van der Waals surface area contributed by atoms with Crippen LogP contribution in [-0.2, 0) is 11.8 Å². The fraction of sp³-hybridized carbons (Fsp3) is 0.611. The molecule has 4 rings (SSSR count). The van der Waals surface area contributed by atoms with Crippen molar-refractivity contribution in [3.8, 4) is 5.75 Å². The fourth-order valence-electron chi connectivity index (χ4n) is 5.63. The third-order valence-electron chi connectivity index (χ3n) is 6.58. The van der Waals surface area contributed by atoms with Crippen LogP contribution in [0.25, 0.3) is 0 Å². The van der Waals surface area contributed by atoms with Crippen molar-refractivity contribution in [2.75, 3.05) is 0 Å². The van der Waals surface area contributed by atoms with Crippen LogP contribution in [0.2, 0.25) is 0 Å². The first kappa shape index (κ1) is 15.0. The Hall–Kier alpha value is -1.59. The second kappa shape index (κ2) is 4.71. The van der Waals surface area contributed by atoms with Crippen LogP contribution in [0.15, 0.2) is 12.1 Å². The van der Waals surface area contributed by atoms with Crippen molar-refractivity contribution >= 4 is 5.91 Å². The molecule has 0 aromatic heterocycles. The van der Waals surface area contributed by atoms with Gasteiger partial charge in [-0.05, 0) is 56.1 Å². The van der Waals surface area contributed by atoms with E-state index in [2.05, 4.69) is 0 Å². The zero-order valence-electron chi connectivity index (χ0n) is 13.1. The first-order valence-electron chi connectivity index (χ1n) is 8.44. The lowest BCUT2D eigenvalue weighted by Gasteiger charge is -2.61. The molecule has 0 heterocycles. The molecule has 1 unspecified atom stereocenters. The first-order chi connectivity index (χ1) is 10.9. The number of hydrogen-bond acceptors (Lipinski definition) is 4. The minimum absolute atomic E-state index is 0.0946. The van der Waals surface area contributed by atoms with E-state index in [1.54, 1.807) is 6.07 Å². The highest BCUT2D eigenvalue weighted by Gasteiger charge is 2.63. The van der Waals surface area contributed by atoms with Gasteiger partial charge >= 0.3 is 0 Å². The van der Waals surface area contributed by atoms with Crippen LogP contribution in [-0.4, -0.2) is 32.9 Å². The van der Waals surface area contributed by atoms with Gasteiger partial charge in [0.2, 0.25) is 0 Å². The minimum atomic E-state index is -0.911. The molecule has 0 radical (unpaired) electrons. The lowest BCUT2D eigenvalue weighted by Crippen LogP contribution is -2.65. The Bertz CT molecular complexity index is 688. The standard InChI is InChI=1S/C18H23NO4/c19-16(22)13-4-3-10-8-11-2-1-6-17(14(10)15(13)21)9-12(20)5-7-18(11,17)23/h3-4,11-12,20-21,23H,1-2,5-9H2,(H2,19,22)/t11-,12+,17?,18-/m1/s1. The van der Waals surface area contributed by atoms with Gasteiger partial charge in [0.05, 0.1) is 17.3 Å². The molecule has 2 saturated carbocycles. The number of fused-ring (bicyclic) bond motifs is 1. The summed E-state index contributed by atoms with van der Waals surface area (Å²) in [6, 6.07) is 3.43. The normalized spacial score (nSPS) is 38.5.